The minimum Gasteiger partial charge on any atom is -0.378 e. The van der Waals surface area contributed by atoms with Gasteiger partial charge in [0.15, 0.2) is 10.9 Å². The standard InChI is InChI=1S/C27H32N6O5S3/c1-41(36,37)29-17-22-25(39-23-8-4-5-11-28-23)40-27(31-22)32-26(35)30-21-10-9-19(33-12-14-38-15-13-33)16-20(21)24(34)18-6-2-3-7-18/h4-5,8-11,16,18,29H,2-3,6-7,12-15,17H2,1H3,(H2,30,31,32,35). The quantitative estimate of drug-likeness (QED) is 0.279. The summed E-state index contributed by atoms with van der Waals surface area (Å²) in [5.74, 6) is -0.000985. The molecule has 0 radical (unpaired) electrons. The number of carbonyl (C=O) groups excluding carboxylic acids is 2. The van der Waals surface area contributed by atoms with E-state index in [0.717, 1.165) is 50.7 Å². The third-order valence-corrected chi connectivity index (χ3v) is 9.69. The number of ether oxygens (including phenoxy) is 1. The molecule has 0 spiro atoms. The summed E-state index contributed by atoms with van der Waals surface area (Å²) >= 11 is 2.55. The molecule has 1 aliphatic carbocycles. The molecular formula is C27H32N6O5S3. The number of thiazole rings is 1. The summed E-state index contributed by atoms with van der Waals surface area (Å²) in [5, 5.41) is 6.61. The van der Waals surface area contributed by atoms with Crippen LogP contribution in [0.3, 0.4) is 0 Å². The second-order valence-corrected chi connectivity index (χ2v) is 14.0. The second-order valence-electron chi connectivity index (χ2n) is 9.87. The van der Waals surface area contributed by atoms with Crippen molar-refractivity contribution in [2.45, 2.75) is 41.5 Å². The normalized spacial score (nSPS) is 16.1. The molecule has 3 N–H and O–H groups in total. The number of hydrogen-bond acceptors (Lipinski definition) is 10. The summed E-state index contributed by atoms with van der Waals surface area (Å²) in [6.45, 7) is 2.71. The van der Waals surface area contributed by atoms with Gasteiger partial charge in [-0.2, -0.15) is 0 Å². The first-order valence-corrected chi connectivity index (χ1v) is 16.9. The predicted molar refractivity (Wildman–Crippen MR) is 161 cm³/mol. The van der Waals surface area contributed by atoms with Crippen molar-refractivity contribution < 1.29 is 22.7 Å². The summed E-state index contributed by atoms with van der Waals surface area (Å²) in [6.07, 6.45) is 6.51. The maximum Gasteiger partial charge on any atom is 0.325 e. The van der Waals surface area contributed by atoms with Gasteiger partial charge in [0.1, 0.15) is 5.03 Å². The number of sulfonamides is 1. The summed E-state index contributed by atoms with van der Waals surface area (Å²) < 4.78 is 32.0. The Balaban J connectivity index is 1.35. The van der Waals surface area contributed by atoms with Gasteiger partial charge in [0.05, 0.1) is 41.6 Å². The minimum atomic E-state index is -3.45. The molecule has 0 bridgehead atoms. The van der Waals surface area contributed by atoms with Crippen molar-refractivity contribution in [3.63, 3.8) is 0 Å². The molecule has 0 unspecified atom stereocenters. The van der Waals surface area contributed by atoms with Crippen molar-refractivity contribution in [1.82, 2.24) is 14.7 Å². The van der Waals surface area contributed by atoms with Gasteiger partial charge in [0.2, 0.25) is 10.0 Å². The van der Waals surface area contributed by atoms with E-state index < -0.39 is 16.1 Å². The molecule has 2 aromatic heterocycles. The van der Waals surface area contributed by atoms with Gasteiger partial charge >= 0.3 is 6.03 Å². The lowest BCUT2D eigenvalue weighted by Gasteiger charge is -2.29. The largest absolute Gasteiger partial charge is 0.378 e. The summed E-state index contributed by atoms with van der Waals surface area (Å²) in [5.41, 5.74) is 2.34. The number of carbonyl (C=O) groups is 2. The van der Waals surface area contributed by atoms with Gasteiger partial charge in [-0.1, -0.05) is 42.0 Å². The number of nitrogens with one attached hydrogen (secondary N) is 3. The van der Waals surface area contributed by atoms with Gasteiger partial charge in [0.25, 0.3) is 0 Å². The van der Waals surface area contributed by atoms with Gasteiger partial charge in [0, 0.05) is 36.5 Å². The molecule has 2 amide bonds. The molecule has 218 valence electrons. The van der Waals surface area contributed by atoms with E-state index in [0.29, 0.717) is 44.5 Å². The first kappa shape index (κ1) is 29.5. The highest BCUT2D eigenvalue weighted by Crippen LogP contribution is 2.37. The molecule has 1 saturated carbocycles. The van der Waals surface area contributed by atoms with Gasteiger partial charge < -0.3 is 15.0 Å². The van der Waals surface area contributed by atoms with Crippen LogP contribution in [0.2, 0.25) is 0 Å². The molecule has 3 aromatic rings. The van der Waals surface area contributed by atoms with E-state index in [4.69, 9.17) is 4.74 Å². The Hall–Kier alpha value is -3.04. The number of amides is 2. The van der Waals surface area contributed by atoms with Crippen LogP contribution >= 0.6 is 23.1 Å². The second kappa shape index (κ2) is 13.3. The number of anilines is 3. The van der Waals surface area contributed by atoms with Gasteiger partial charge in [-0.05, 0) is 43.2 Å². The zero-order valence-corrected chi connectivity index (χ0v) is 25.0. The Morgan fingerprint density at radius 3 is 2.61 bits per heavy atom. The fourth-order valence-electron chi connectivity index (χ4n) is 4.81. The number of urea groups is 1. The van der Waals surface area contributed by atoms with Crippen LogP contribution in [0.4, 0.5) is 21.3 Å². The third kappa shape index (κ3) is 8.04. The van der Waals surface area contributed by atoms with Crippen molar-refractivity contribution in [1.29, 1.82) is 0 Å². The highest BCUT2D eigenvalue weighted by atomic mass is 32.2. The Bertz CT molecular complexity index is 1490. The first-order valence-electron chi connectivity index (χ1n) is 13.4. The van der Waals surface area contributed by atoms with E-state index in [1.54, 1.807) is 18.3 Å². The van der Waals surface area contributed by atoms with Crippen molar-refractivity contribution >= 4 is 61.4 Å². The first-order chi connectivity index (χ1) is 19.7. The number of rotatable bonds is 10. The number of hydrogen-bond donors (Lipinski definition) is 3. The van der Waals surface area contributed by atoms with E-state index in [-0.39, 0.29) is 18.2 Å². The van der Waals surface area contributed by atoms with Gasteiger partial charge in [-0.3, -0.25) is 10.1 Å². The maximum absolute atomic E-state index is 13.5. The molecule has 1 aromatic carbocycles. The monoisotopic (exact) mass is 616 g/mol. The summed E-state index contributed by atoms with van der Waals surface area (Å²) in [7, 11) is -3.45. The molecule has 41 heavy (non-hydrogen) atoms. The lowest BCUT2D eigenvalue weighted by molar-refractivity contribution is 0.0923. The zero-order valence-electron chi connectivity index (χ0n) is 22.6. The Kier molecular flexibility index (Phi) is 9.55. The fraction of sp³-hybridized carbons (Fsp3) is 0.407. The Morgan fingerprint density at radius 1 is 1.12 bits per heavy atom. The van der Waals surface area contributed by atoms with Crippen molar-refractivity contribution in [3.8, 4) is 0 Å². The molecule has 2 fully saturated rings. The van der Waals surface area contributed by atoms with Crippen LogP contribution in [0.5, 0.6) is 0 Å². The summed E-state index contributed by atoms with van der Waals surface area (Å²) in [4.78, 5) is 37.6. The fourth-order valence-corrected chi connectivity index (χ4v) is 7.26. The number of morpholine rings is 1. The third-order valence-electron chi connectivity index (χ3n) is 6.84. The number of pyridine rings is 1. The van der Waals surface area contributed by atoms with Crippen LogP contribution in [0.15, 0.2) is 51.8 Å². The molecule has 2 aliphatic rings. The van der Waals surface area contributed by atoms with Crippen LogP contribution in [0.1, 0.15) is 41.7 Å². The van der Waals surface area contributed by atoms with Crippen molar-refractivity contribution in [2.24, 2.45) is 5.92 Å². The van der Waals surface area contributed by atoms with Crippen LogP contribution in [0.25, 0.3) is 0 Å². The SMILES string of the molecule is CS(=O)(=O)NCc1nc(NC(=O)Nc2ccc(N3CCOCC3)cc2C(=O)C2CCCC2)sc1Sc1ccccn1. The van der Waals surface area contributed by atoms with Gasteiger partial charge in [-0.15, -0.1) is 0 Å². The number of Topliss-reactive ketones (excluding diaryl/α,β-unsaturated/α-hetero) is 1. The molecule has 5 rings (SSSR count). The van der Waals surface area contributed by atoms with Crippen LogP contribution in [-0.2, 0) is 21.3 Å². The average Bonchev–Trinajstić information content (AvgIpc) is 3.63. The van der Waals surface area contributed by atoms with E-state index in [1.807, 2.05) is 24.3 Å². The highest BCUT2D eigenvalue weighted by molar-refractivity contribution is 8.01. The van der Waals surface area contributed by atoms with Crippen molar-refractivity contribution in [3.05, 3.63) is 53.9 Å². The van der Waals surface area contributed by atoms with Crippen LogP contribution < -0.4 is 20.3 Å². The molecule has 3 heterocycles. The van der Waals surface area contributed by atoms with Crippen molar-refractivity contribution in [2.75, 3.05) is 48.1 Å². The molecular weight excluding hydrogens is 585 g/mol. The number of benzene rings is 1. The minimum absolute atomic E-state index is 0.0309. The molecule has 1 aliphatic heterocycles. The van der Waals surface area contributed by atoms with E-state index in [9.17, 15) is 18.0 Å². The van der Waals surface area contributed by atoms with Gasteiger partial charge in [-0.25, -0.2) is 27.9 Å². The topological polar surface area (TPSA) is 143 Å². The average molecular weight is 617 g/mol. The van der Waals surface area contributed by atoms with E-state index in [2.05, 4.69) is 30.2 Å². The Morgan fingerprint density at radius 2 is 1.90 bits per heavy atom. The number of ketones is 1. The number of nitrogens with zero attached hydrogens (tertiary/aromatic N) is 3. The zero-order chi connectivity index (χ0) is 28.8. The molecule has 11 nitrogen and oxygen atoms in total. The van der Waals surface area contributed by atoms with E-state index >= 15 is 0 Å². The van der Waals surface area contributed by atoms with Crippen LogP contribution in [0, 0.1) is 5.92 Å². The molecule has 1 saturated heterocycles. The predicted octanol–water partition coefficient (Wildman–Crippen LogP) is 4.59. The number of aromatic nitrogens is 2. The van der Waals surface area contributed by atoms with Crippen LogP contribution in [-0.4, -0.2) is 62.8 Å². The molecule has 0 atom stereocenters. The lowest BCUT2D eigenvalue weighted by atomic mass is 9.94. The smallest absolute Gasteiger partial charge is 0.325 e. The Labute approximate surface area is 247 Å². The lowest BCUT2D eigenvalue weighted by Crippen LogP contribution is -2.36. The molecule has 14 heteroatoms. The highest BCUT2D eigenvalue weighted by Gasteiger charge is 2.27. The maximum atomic E-state index is 13.5. The summed E-state index contributed by atoms with van der Waals surface area (Å²) in [6, 6.07) is 10.5. The van der Waals surface area contributed by atoms with E-state index in [1.165, 1.54) is 23.1 Å².